The number of anilines is 1. The number of hydrogen-bond acceptors (Lipinski definition) is 4. The second-order valence-electron chi connectivity index (χ2n) is 5.13. The molecule has 1 fully saturated rings. The zero-order valence-electron chi connectivity index (χ0n) is 11.8. The Morgan fingerprint density at radius 2 is 2.10 bits per heavy atom. The summed E-state index contributed by atoms with van der Waals surface area (Å²) in [6.07, 6.45) is 2.43. The number of carbonyl (C=O) groups is 2. The zero-order chi connectivity index (χ0) is 15.4. The monoisotopic (exact) mass is 293 g/mol. The minimum atomic E-state index is -1.25. The highest BCUT2D eigenvalue weighted by molar-refractivity contribution is 5.95. The van der Waals surface area contributed by atoms with Gasteiger partial charge in [0.25, 0.3) is 0 Å². The lowest BCUT2D eigenvalue weighted by Gasteiger charge is -2.16. The third-order valence-electron chi connectivity index (χ3n) is 3.41. The van der Waals surface area contributed by atoms with Crippen LogP contribution in [0.3, 0.4) is 0 Å². The van der Waals surface area contributed by atoms with Crippen molar-refractivity contribution < 1.29 is 19.8 Å². The number of nitrogens with zero attached hydrogens (tertiary/aromatic N) is 1. The molecule has 0 atom stereocenters. The van der Waals surface area contributed by atoms with E-state index in [1.54, 1.807) is 0 Å². The number of urea groups is 1. The predicted octanol–water partition coefficient (Wildman–Crippen LogP) is 1.31. The van der Waals surface area contributed by atoms with Crippen molar-refractivity contribution in [3.63, 3.8) is 0 Å². The van der Waals surface area contributed by atoms with Gasteiger partial charge < -0.3 is 25.7 Å². The molecule has 114 valence electrons. The molecule has 0 unspecified atom stereocenters. The van der Waals surface area contributed by atoms with Crippen LogP contribution >= 0.6 is 0 Å². The molecule has 0 bridgehead atoms. The minimum Gasteiger partial charge on any atom is -0.507 e. The van der Waals surface area contributed by atoms with Crippen molar-refractivity contribution in [3.8, 4) is 5.75 Å². The highest BCUT2D eigenvalue weighted by Gasteiger charge is 2.25. The number of carbonyl (C=O) groups excluding carboxylic acids is 1. The van der Waals surface area contributed by atoms with Crippen LogP contribution in [-0.4, -0.2) is 53.3 Å². The summed E-state index contributed by atoms with van der Waals surface area (Å²) in [5.74, 6) is -1.58. The summed E-state index contributed by atoms with van der Waals surface area (Å²) < 4.78 is 0. The molecule has 1 aliphatic carbocycles. The van der Waals surface area contributed by atoms with E-state index < -0.39 is 12.0 Å². The van der Waals surface area contributed by atoms with Gasteiger partial charge in [-0.2, -0.15) is 0 Å². The summed E-state index contributed by atoms with van der Waals surface area (Å²) in [5.41, 5.74) is 0.0690. The maximum Gasteiger partial charge on any atom is 0.339 e. The average Bonchev–Trinajstić information content (AvgIpc) is 3.25. The SMILES string of the molecule is CN(CCNC(=O)Nc1ccc(O)c(C(=O)O)c1)C1CC1. The Bertz CT molecular complexity index is 543. The number of rotatable bonds is 6. The van der Waals surface area contributed by atoms with Gasteiger partial charge in [-0.1, -0.05) is 0 Å². The Morgan fingerprint density at radius 1 is 1.38 bits per heavy atom. The van der Waals surface area contributed by atoms with Crippen LogP contribution in [0.2, 0.25) is 0 Å². The number of carboxylic acids is 1. The molecular formula is C14H19N3O4. The van der Waals surface area contributed by atoms with Gasteiger partial charge in [-0.3, -0.25) is 0 Å². The molecule has 2 amide bonds. The summed E-state index contributed by atoms with van der Waals surface area (Å²) in [6.45, 7) is 1.29. The third-order valence-corrected chi connectivity index (χ3v) is 3.41. The molecule has 21 heavy (non-hydrogen) atoms. The molecule has 1 aromatic carbocycles. The molecule has 0 saturated heterocycles. The number of hydrogen-bond donors (Lipinski definition) is 4. The van der Waals surface area contributed by atoms with E-state index in [0.717, 1.165) is 6.54 Å². The second-order valence-corrected chi connectivity index (χ2v) is 5.13. The van der Waals surface area contributed by atoms with E-state index in [1.807, 2.05) is 7.05 Å². The standard InChI is InChI=1S/C14H19N3O4/c1-17(10-3-4-10)7-6-15-14(21)16-9-2-5-12(18)11(8-9)13(19)20/h2,5,8,10,18H,3-4,6-7H2,1H3,(H,19,20)(H2,15,16,21). The number of likely N-dealkylation sites (N-methyl/N-ethyl adjacent to an activating group) is 1. The van der Waals surface area contributed by atoms with E-state index in [0.29, 0.717) is 18.3 Å². The number of amides is 2. The van der Waals surface area contributed by atoms with E-state index in [2.05, 4.69) is 15.5 Å². The first kappa shape index (κ1) is 15.1. The summed E-state index contributed by atoms with van der Waals surface area (Å²) in [7, 11) is 2.02. The Kier molecular flexibility index (Phi) is 4.64. The topological polar surface area (TPSA) is 102 Å². The molecule has 1 aliphatic rings. The lowest BCUT2D eigenvalue weighted by Crippen LogP contribution is -2.36. The molecule has 1 aromatic rings. The van der Waals surface area contributed by atoms with E-state index in [-0.39, 0.29) is 11.3 Å². The Hall–Kier alpha value is -2.28. The van der Waals surface area contributed by atoms with Crippen LogP contribution in [0.25, 0.3) is 0 Å². The highest BCUT2D eigenvalue weighted by atomic mass is 16.4. The summed E-state index contributed by atoms with van der Waals surface area (Å²) in [5, 5.41) is 23.5. The number of aromatic hydroxyl groups is 1. The molecular weight excluding hydrogens is 274 g/mol. The first-order chi connectivity index (χ1) is 9.97. The maximum atomic E-state index is 11.7. The van der Waals surface area contributed by atoms with E-state index in [9.17, 15) is 14.7 Å². The number of nitrogens with one attached hydrogen (secondary N) is 2. The van der Waals surface area contributed by atoms with Gasteiger partial charge in [0.1, 0.15) is 11.3 Å². The van der Waals surface area contributed by atoms with Gasteiger partial charge in [-0.15, -0.1) is 0 Å². The molecule has 0 aromatic heterocycles. The van der Waals surface area contributed by atoms with Crippen molar-refractivity contribution in [2.45, 2.75) is 18.9 Å². The van der Waals surface area contributed by atoms with Crippen LogP contribution in [0, 0.1) is 0 Å². The number of aromatic carboxylic acids is 1. The molecule has 7 heteroatoms. The number of carboxylic acid groups (broad SMARTS) is 1. The van der Waals surface area contributed by atoms with Crippen LogP contribution in [0.5, 0.6) is 5.75 Å². The molecule has 1 saturated carbocycles. The van der Waals surface area contributed by atoms with Crippen molar-refractivity contribution in [2.75, 3.05) is 25.5 Å². The van der Waals surface area contributed by atoms with Crippen molar-refractivity contribution in [1.82, 2.24) is 10.2 Å². The van der Waals surface area contributed by atoms with E-state index in [4.69, 9.17) is 5.11 Å². The molecule has 0 aliphatic heterocycles. The number of benzene rings is 1. The Balaban J connectivity index is 1.81. The molecule has 0 spiro atoms. The van der Waals surface area contributed by atoms with Crippen molar-refractivity contribution in [2.24, 2.45) is 0 Å². The molecule has 4 N–H and O–H groups in total. The van der Waals surface area contributed by atoms with Crippen LogP contribution in [0.4, 0.5) is 10.5 Å². The first-order valence-electron chi connectivity index (χ1n) is 6.79. The van der Waals surface area contributed by atoms with Gasteiger partial charge in [0.15, 0.2) is 0 Å². The molecule has 0 heterocycles. The van der Waals surface area contributed by atoms with Crippen LogP contribution in [-0.2, 0) is 0 Å². The normalized spacial score (nSPS) is 14.0. The van der Waals surface area contributed by atoms with Gasteiger partial charge in [-0.25, -0.2) is 9.59 Å². The fourth-order valence-electron chi connectivity index (χ4n) is 2.00. The second kappa shape index (κ2) is 6.45. The van der Waals surface area contributed by atoms with Gasteiger partial charge in [-0.05, 0) is 38.1 Å². The van der Waals surface area contributed by atoms with Crippen LogP contribution in [0.15, 0.2) is 18.2 Å². The van der Waals surface area contributed by atoms with Crippen LogP contribution in [0.1, 0.15) is 23.2 Å². The zero-order valence-corrected chi connectivity index (χ0v) is 11.8. The molecule has 7 nitrogen and oxygen atoms in total. The Morgan fingerprint density at radius 3 is 2.71 bits per heavy atom. The maximum absolute atomic E-state index is 11.7. The van der Waals surface area contributed by atoms with Gasteiger partial charge in [0, 0.05) is 24.8 Å². The summed E-state index contributed by atoms with van der Waals surface area (Å²) in [6, 6.07) is 4.14. The van der Waals surface area contributed by atoms with Crippen molar-refractivity contribution in [1.29, 1.82) is 0 Å². The highest BCUT2D eigenvalue weighted by Crippen LogP contribution is 2.24. The molecule has 2 rings (SSSR count). The fraction of sp³-hybridized carbons (Fsp3) is 0.429. The molecule has 0 radical (unpaired) electrons. The van der Waals surface area contributed by atoms with Crippen molar-refractivity contribution in [3.05, 3.63) is 23.8 Å². The third kappa shape index (κ3) is 4.35. The largest absolute Gasteiger partial charge is 0.507 e. The average molecular weight is 293 g/mol. The quantitative estimate of drug-likeness (QED) is 0.592. The fourth-order valence-corrected chi connectivity index (χ4v) is 2.00. The van der Waals surface area contributed by atoms with E-state index in [1.165, 1.54) is 31.0 Å². The summed E-state index contributed by atoms with van der Waals surface area (Å²) >= 11 is 0. The van der Waals surface area contributed by atoms with E-state index >= 15 is 0 Å². The van der Waals surface area contributed by atoms with Gasteiger partial charge in [0.2, 0.25) is 0 Å². The van der Waals surface area contributed by atoms with Crippen molar-refractivity contribution >= 4 is 17.7 Å². The minimum absolute atomic E-state index is 0.249. The van der Waals surface area contributed by atoms with Gasteiger partial charge in [0.05, 0.1) is 0 Å². The Labute approximate surface area is 122 Å². The predicted molar refractivity (Wildman–Crippen MR) is 77.7 cm³/mol. The number of phenols is 1. The lowest BCUT2D eigenvalue weighted by atomic mass is 10.2. The van der Waals surface area contributed by atoms with Crippen LogP contribution < -0.4 is 10.6 Å². The lowest BCUT2D eigenvalue weighted by molar-refractivity contribution is 0.0693. The smallest absolute Gasteiger partial charge is 0.339 e. The van der Waals surface area contributed by atoms with Gasteiger partial charge >= 0.3 is 12.0 Å². The first-order valence-corrected chi connectivity index (χ1v) is 6.79. The summed E-state index contributed by atoms with van der Waals surface area (Å²) in [4.78, 5) is 24.8.